The highest BCUT2D eigenvalue weighted by molar-refractivity contribution is 5.91. The van der Waals surface area contributed by atoms with Crippen LogP contribution in [0.4, 0.5) is 10.5 Å². The number of benzene rings is 1. The van der Waals surface area contributed by atoms with Crippen LogP contribution in [0.5, 0.6) is 0 Å². The fourth-order valence-corrected chi connectivity index (χ4v) is 1.69. The number of hydrogen-bond acceptors (Lipinski definition) is 3. The summed E-state index contributed by atoms with van der Waals surface area (Å²) in [5, 5.41) is 4.81. The van der Waals surface area contributed by atoms with Gasteiger partial charge in [-0.2, -0.15) is 0 Å². The zero-order chi connectivity index (χ0) is 12.3. The Morgan fingerprint density at radius 2 is 2.24 bits per heavy atom. The molecule has 1 N–H and O–H groups in total. The van der Waals surface area contributed by atoms with Gasteiger partial charge in [0.25, 0.3) is 0 Å². The van der Waals surface area contributed by atoms with Crippen molar-refractivity contribution in [2.75, 3.05) is 11.9 Å². The zero-order valence-corrected chi connectivity index (χ0v) is 9.86. The van der Waals surface area contributed by atoms with E-state index < -0.39 is 6.09 Å². The van der Waals surface area contributed by atoms with Crippen molar-refractivity contribution in [3.63, 3.8) is 0 Å². The highest BCUT2D eigenvalue weighted by atomic mass is 16.5. The molecule has 0 fully saturated rings. The number of carbonyl (C=O) groups is 1. The van der Waals surface area contributed by atoms with Crippen LogP contribution in [0, 0.1) is 6.92 Å². The van der Waals surface area contributed by atoms with E-state index in [-0.39, 0.29) is 0 Å². The average molecular weight is 230 g/mol. The van der Waals surface area contributed by atoms with Gasteiger partial charge in [0.15, 0.2) is 0 Å². The van der Waals surface area contributed by atoms with Crippen molar-refractivity contribution in [3.8, 4) is 0 Å². The number of anilines is 1. The summed E-state index contributed by atoms with van der Waals surface area (Å²) in [7, 11) is 0. The molecule has 0 aliphatic carbocycles. The number of rotatable bonds is 2. The van der Waals surface area contributed by atoms with Crippen LogP contribution in [0.2, 0.25) is 0 Å². The van der Waals surface area contributed by atoms with Gasteiger partial charge in [0.05, 0.1) is 6.61 Å². The van der Waals surface area contributed by atoms with Crippen molar-refractivity contribution in [2.24, 2.45) is 0 Å². The number of nitrogens with zero attached hydrogens (tertiary/aromatic N) is 1. The molecule has 4 heteroatoms. The van der Waals surface area contributed by atoms with Gasteiger partial charge in [0.2, 0.25) is 0 Å². The standard InChI is InChI=1S/C13H14N2O2/c1-3-17-13(16)15-11-4-5-12-9(2)14-7-6-10(12)8-11/h4-8H,3H2,1-2H3,(H,15,16). The summed E-state index contributed by atoms with van der Waals surface area (Å²) in [6, 6.07) is 7.60. The number of carbonyl (C=O) groups excluding carboxylic acids is 1. The first-order valence-electron chi connectivity index (χ1n) is 5.50. The van der Waals surface area contributed by atoms with E-state index in [2.05, 4.69) is 10.3 Å². The summed E-state index contributed by atoms with van der Waals surface area (Å²) >= 11 is 0. The lowest BCUT2D eigenvalue weighted by atomic mass is 10.1. The number of hydrogen-bond donors (Lipinski definition) is 1. The first kappa shape index (κ1) is 11.4. The normalized spacial score (nSPS) is 10.2. The molecule has 0 atom stereocenters. The summed E-state index contributed by atoms with van der Waals surface area (Å²) in [6.07, 6.45) is 1.32. The summed E-state index contributed by atoms with van der Waals surface area (Å²) in [5.74, 6) is 0. The topological polar surface area (TPSA) is 51.2 Å². The van der Waals surface area contributed by atoms with Crippen molar-refractivity contribution in [2.45, 2.75) is 13.8 Å². The van der Waals surface area contributed by atoms with E-state index in [1.165, 1.54) is 0 Å². The first-order chi connectivity index (χ1) is 8.20. The second kappa shape index (κ2) is 4.82. The van der Waals surface area contributed by atoms with E-state index in [0.29, 0.717) is 6.61 Å². The maximum absolute atomic E-state index is 11.3. The Labute approximate surface area is 99.6 Å². The third kappa shape index (κ3) is 2.53. The fourth-order valence-electron chi connectivity index (χ4n) is 1.69. The average Bonchev–Trinajstić information content (AvgIpc) is 2.29. The van der Waals surface area contributed by atoms with Gasteiger partial charge in [-0.15, -0.1) is 0 Å². The van der Waals surface area contributed by atoms with Crippen molar-refractivity contribution < 1.29 is 9.53 Å². The van der Waals surface area contributed by atoms with E-state index >= 15 is 0 Å². The molecule has 4 nitrogen and oxygen atoms in total. The summed E-state index contributed by atoms with van der Waals surface area (Å²) < 4.78 is 4.82. The highest BCUT2D eigenvalue weighted by Crippen LogP contribution is 2.20. The quantitative estimate of drug-likeness (QED) is 0.862. The molecule has 0 radical (unpaired) electrons. The molecule has 0 saturated heterocycles. The van der Waals surface area contributed by atoms with Crippen LogP contribution < -0.4 is 5.32 Å². The number of amides is 1. The van der Waals surface area contributed by atoms with Gasteiger partial charge in [-0.05, 0) is 37.4 Å². The fraction of sp³-hybridized carbons (Fsp3) is 0.231. The minimum absolute atomic E-state index is 0.364. The lowest BCUT2D eigenvalue weighted by Crippen LogP contribution is -2.13. The third-order valence-corrected chi connectivity index (χ3v) is 2.49. The third-order valence-electron chi connectivity index (χ3n) is 2.49. The molecule has 0 saturated carbocycles. The predicted molar refractivity (Wildman–Crippen MR) is 67.1 cm³/mol. The minimum atomic E-state index is -0.433. The highest BCUT2D eigenvalue weighted by Gasteiger charge is 2.03. The van der Waals surface area contributed by atoms with Crippen LogP contribution >= 0.6 is 0 Å². The SMILES string of the molecule is CCOC(=O)Nc1ccc2c(C)nccc2c1. The van der Waals surface area contributed by atoms with Gasteiger partial charge in [-0.1, -0.05) is 6.07 Å². The minimum Gasteiger partial charge on any atom is -0.450 e. The smallest absolute Gasteiger partial charge is 0.411 e. The summed E-state index contributed by atoms with van der Waals surface area (Å²) in [6.45, 7) is 4.10. The van der Waals surface area contributed by atoms with E-state index in [1.807, 2.05) is 31.2 Å². The molecular formula is C13H14N2O2. The summed E-state index contributed by atoms with van der Waals surface area (Å²) in [4.78, 5) is 15.5. The Kier molecular flexibility index (Phi) is 3.23. The van der Waals surface area contributed by atoms with Crippen molar-refractivity contribution >= 4 is 22.6 Å². The van der Waals surface area contributed by atoms with E-state index in [9.17, 15) is 4.79 Å². The predicted octanol–water partition coefficient (Wildman–Crippen LogP) is 3.11. The maximum atomic E-state index is 11.3. The zero-order valence-electron chi connectivity index (χ0n) is 9.86. The second-order valence-electron chi connectivity index (χ2n) is 3.68. The van der Waals surface area contributed by atoms with Gasteiger partial charge in [-0.3, -0.25) is 10.3 Å². The second-order valence-corrected chi connectivity index (χ2v) is 3.68. The van der Waals surface area contributed by atoms with Crippen LogP contribution in [0.25, 0.3) is 10.8 Å². The van der Waals surface area contributed by atoms with E-state index in [0.717, 1.165) is 22.2 Å². The molecule has 1 heterocycles. The molecule has 0 aliphatic heterocycles. The van der Waals surface area contributed by atoms with Crippen LogP contribution in [0.1, 0.15) is 12.6 Å². The number of nitrogens with one attached hydrogen (secondary N) is 1. The molecule has 0 aliphatic rings. The van der Waals surface area contributed by atoms with Crippen LogP contribution in [-0.4, -0.2) is 17.7 Å². The molecule has 1 aromatic heterocycles. The van der Waals surface area contributed by atoms with E-state index in [4.69, 9.17) is 4.74 Å². The molecule has 2 aromatic rings. The van der Waals surface area contributed by atoms with Crippen LogP contribution in [0.3, 0.4) is 0 Å². The van der Waals surface area contributed by atoms with Gasteiger partial charge in [0, 0.05) is 23.0 Å². The molecule has 1 amide bonds. The Morgan fingerprint density at radius 1 is 1.41 bits per heavy atom. The molecule has 0 unspecified atom stereocenters. The lowest BCUT2D eigenvalue weighted by molar-refractivity contribution is 0.168. The Morgan fingerprint density at radius 3 is 3.00 bits per heavy atom. The molecule has 88 valence electrons. The van der Waals surface area contributed by atoms with E-state index in [1.54, 1.807) is 13.1 Å². The van der Waals surface area contributed by atoms with Gasteiger partial charge in [-0.25, -0.2) is 4.79 Å². The Balaban J connectivity index is 2.29. The number of aryl methyl sites for hydroxylation is 1. The van der Waals surface area contributed by atoms with Gasteiger partial charge < -0.3 is 4.74 Å². The van der Waals surface area contributed by atoms with Gasteiger partial charge >= 0.3 is 6.09 Å². The van der Waals surface area contributed by atoms with Gasteiger partial charge in [0.1, 0.15) is 0 Å². The van der Waals surface area contributed by atoms with Crippen molar-refractivity contribution in [3.05, 3.63) is 36.2 Å². The first-order valence-corrected chi connectivity index (χ1v) is 5.50. The molecular weight excluding hydrogens is 216 g/mol. The number of pyridine rings is 1. The Bertz CT molecular complexity index is 552. The van der Waals surface area contributed by atoms with Crippen LogP contribution in [0.15, 0.2) is 30.5 Å². The molecule has 0 bridgehead atoms. The Hall–Kier alpha value is -2.10. The lowest BCUT2D eigenvalue weighted by Gasteiger charge is -2.07. The van der Waals surface area contributed by atoms with Crippen molar-refractivity contribution in [1.82, 2.24) is 4.98 Å². The maximum Gasteiger partial charge on any atom is 0.411 e. The largest absolute Gasteiger partial charge is 0.450 e. The van der Waals surface area contributed by atoms with Crippen molar-refractivity contribution in [1.29, 1.82) is 0 Å². The number of fused-ring (bicyclic) bond motifs is 1. The molecule has 2 rings (SSSR count). The molecule has 17 heavy (non-hydrogen) atoms. The molecule has 0 spiro atoms. The number of ether oxygens (including phenoxy) is 1. The summed E-state index contributed by atoms with van der Waals surface area (Å²) in [5.41, 5.74) is 1.70. The number of aromatic nitrogens is 1. The monoisotopic (exact) mass is 230 g/mol. The van der Waals surface area contributed by atoms with Crippen LogP contribution in [-0.2, 0) is 4.74 Å². The molecule has 1 aromatic carbocycles.